The van der Waals surface area contributed by atoms with E-state index in [2.05, 4.69) is 30.6 Å². The van der Waals surface area contributed by atoms with E-state index in [1.54, 1.807) is 13.0 Å². The number of hydrogen-bond acceptors (Lipinski definition) is 3. The molecule has 0 radical (unpaired) electrons. The van der Waals surface area contributed by atoms with Gasteiger partial charge in [-0.3, -0.25) is 4.99 Å². The Bertz CT molecular complexity index is 755. The second-order valence-corrected chi connectivity index (χ2v) is 8.94. The van der Waals surface area contributed by atoms with Gasteiger partial charge in [-0.2, -0.15) is 13.2 Å². The Morgan fingerprint density at radius 1 is 1.17 bits per heavy atom. The summed E-state index contributed by atoms with van der Waals surface area (Å²) in [4.78, 5) is 7.25. The zero-order chi connectivity index (χ0) is 22.5. The Kier molecular flexibility index (Phi) is 8.14. The predicted molar refractivity (Wildman–Crippen MR) is 120 cm³/mol. The Morgan fingerprint density at radius 2 is 1.77 bits per heavy atom. The summed E-state index contributed by atoms with van der Waals surface area (Å²) in [5.74, 6) is 0.254. The number of aliphatic imine (C=N–C) groups is 1. The van der Waals surface area contributed by atoms with Gasteiger partial charge in [-0.1, -0.05) is 32.6 Å². The van der Waals surface area contributed by atoms with Gasteiger partial charge in [0, 0.05) is 23.5 Å². The first-order valence-corrected chi connectivity index (χ1v) is 10.9. The minimum absolute atomic E-state index is 0.0675. The number of rotatable bonds is 11. The molecule has 168 valence electrons. The van der Waals surface area contributed by atoms with Crippen LogP contribution < -0.4 is 5.32 Å². The van der Waals surface area contributed by atoms with Crippen LogP contribution in [0.3, 0.4) is 0 Å². The summed E-state index contributed by atoms with van der Waals surface area (Å²) >= 11 is 0. The molecule has 1 aromatic carbocycles. The van der Waals surface area contributed by atoms with Gasteiger partial charge < -0.3 is 10.2 Å². The van der Waals surface area contributed by atoms with Gasteiger partial charge in [0.2, 0.25) is 0 Å². The first-order chi connectivity index (χ1) is 14.0. The van der Waals surface area contributed by atoms with E-state index in [4.69, 9.17) is 4.99 Å². The van der Waals surface area contributed by atoms with Crippen LogP contribution in [0.2, 0.25) is 0 Å². The van der Waals surface area contributed by atoms with Gasteiger partial charge in [0.1, 0.15) is 0 Å². The smallest absolute Gasteiger partial charge is 0.358 e. The van der Waals surface area contributed by atoms with Gasteiger partial charge in [0.25, 0.3) is 0 Å². The van der Waals surface area contributed by atoms with Crippen LogP contribution in [0.1, 0.15) is 71.4 Å². The molecule has 0 atom stereocenters. The van der Waals surface area contributed by atoms with Crippen molar-refractivity contribution < 1.29 is 13.2 Å². The average Bonchev–Trinajstić information content (AvgIpc) is 3.45. The number of nitrogens with one attached hydrogen (secondary N) is 1. The second-order valence-electron chi connectivity index (χ2n) is 8.94. The maximum Gasteiger partial charge on any atom is 0.418 e. The number of allylic oxidation sites excluding steroid dienone is 1. The van der Waals surface area contributed by atoms with Crippen LogP contribution in [0.15, 0.2) is 35.5 Å². The lowest BCUT2D eigenvalue weighted by Gasteiger charge is -2.30. The van der Waals surface area contributed by atoms with E-state index < -0.39 is 17.3 Å². The fourth-order valence-corrected chi connectivity index (χ4v) is 3.92. The lowest BCUT2D eigenvalue weighted by Crippen LogP contribution is -2.39. The zero-order valence-electron chi connectivity index (χ0n) is 19.0. The van der Waals surface area contributed by atoms with Gasteiger partial charge >= 0.3 is 6.18 Å². The van der Waals surface area contributed by atoms with Gasteiger partial charge in [-0.25, -0.2) is 0 Å². The molecule has 0 spiro atoms. The molecule has 0 aliphatic heterocycles. The molecule has 1 fully saturated rings. The molecular weight excluding hydrogens is 387 g/mol. The number of hydrogen-bond donors (Lipinski definition) is 1. The molecule has 0 heterocycles. The normalized spacial score (nSPS) is 15.6. The van der Waals surface area contributed by atoms with E-state index in [1.807, 2.05) is 13.8 Å². The van der Waals surface area contributed by atoms with Crippen molar-refractivity contribution in [3.05, 3.63) is 41.6 Å². The molecule has 1 N–H and O–H groups in total. The summed E-state index contributed by atoms with van der Waals surface area (Å²) in [6.45, 7) is 16.9. The summed E-state index contributed by atoms with van der Waals surface area (Å²) in [6, 6.07) is 4.28. The SMILES string of the molecule is C=C(Nc1c(C(C)=NC(C)(C)CN(CCC)CCC)cccc1C(F)(F)F)C1CC1. The monoisotopic (exact) mass is 423 g/mol. The van der Waals surface area contributed by atoms with E-state index >= 15 is 0 Å². The molecule has 1 aromatic rings. The highest BCUT2D eigenvalue weighted by Gasteiger charge is 2.36. The molecule has 0 saturated heterocycles. The Balaban J connectivity index is 2.38. The minimum Gasteiger partial charge on any atom is -0.358 e. The molecule has 1 saturated carbocycles. The summed E-state index contributed by atoms with van der Waals surface area (Å²) in [5.41, 5.74) is 0.720. The zero-order valence-corrected chi connectivity index (χ0v) is 19.0. The lowest BCUT2D eigenvalue weighted by atomic mass is 10.00. The van der Waals surface area contributed by atoms with Gasteiger partial charge in [0.05, 0.1) is 16.8 Å². The third-order valence-corrected chi connectivity index (χ3v) is 5.28. The number of para-hydroxylation sites is 1. The molecular formula is C24H36F3N3. The molecule has 0 aromatic heterocycles. The van der Waals surface area contributed by atoms with Crippen molar-refractivity contribution in [2.45, 2.75) is 72.0 Å². The fourth-order valence-electron chi connectivity index (χ4n) is 3.92. The number of halogens is 3. The van der Waals surface area contributed by atoms with E-state index in [0.29, 0.717) is 17.0 Å². The van der Waals surface area contributed by atoms with Crippen LogP contribution >= 0.6 is 0 Å². The molecule has 0 unspecified atom stereocenters. The number of anilines is 1. The minimum atomic E-state index is -4.45. The largest absolute Gasteiger partial charge is 0.418 e. The molecule has 0 bridgehead atoms. The molecule has 0 amide bonds. The van der Waals surface area contributed by atoms with Crippen molar-refractivity contribution >= 4 is 11.4 Å². The molecule has 6 heteroatoms. The van der Waals surface area contributed by atoms with E-state index in [0.717, 1.165) is 51.4 Å². The number of benzene rings is 1. The van der Waals surface area contributed by atoms with Crippen LogP contribution in [-0.4, -0.2) is 35.8 Å². The standard InChI is InChI=1S/C24H36F3N3/c1-7-14-30(15-8-2)16-23(5,6)29-18(4)20-10-9-11-21(24(25,26)27)22(20)28-17(3)19-12-13-19/h9-11,19,28H,3,7-8,12-16H2,1-2,4-6H3. The summed E-state index contributed by atoms with van der Waals surface area (Å²) in [5, 5.41) is 2.99. The highest BCUT2D eigenvalue weighted by atomic mass is 19.4. The summed E-state index contributed by atoms with van der Waals surface area (Å²) < 4.78 is 41.2. The molecule has 3 nitrogen and oxygen atoms in total. The van der Waals surface area contributed by atoms with Crippen molar-refractivity contribution in [3.63, 3.8) is 0 Å². The Morgan fingerprint density at radius 3 is 2.27 bits per heavy atom. The van der Waals surface area contributed by atoms with Gasteiger partial charge in [-0.05, 0) is 71.5 Å². The van der Waals surface area contributed by atoms with E-state index in [9.17, 15) is 13.2 Å². The van der Waals surface area contributed by atoms with Crippen molar-refractivity contribution in [3.8, 4) is 0 Å². The first-order valence-electron chi connectivity index (χ1n) is 10.9. The third-order valence-electron chi connectivity index (χ3n) is 5.28. The van der Waals surface area contributed by atoms with E-state index in [1.165, 1.54) is 6.07 Å². The Labute approximate surface area is 179 Å². The van der Waals surface area contributed by atoms with Crippen molar-refractivity contribution in [1.82, 2.24) is 4.90 Å². The molecule has 1 aliphatic rings. The average molecular weight is 424 g/mol. The van der Waals surface area contributed by atoms with Crippen molar-refractivity contribution in [2.24, 2.45) is 10.9 Å². The molecule has 1 aliphatic carbocycles. The Hall–Kier alpha value is -1.82. The predicted octanol–water partition coefficient (Wildman–Crippen LogP) is 6.75. The van der Waals surface area contributed by atoms with Crippen LogP contribution in [0.5, 0.6) is 0 Å². The highest BCUT2D eigenvalue weighted by molar-refractivity contribution is 6.04. The van der Waals surface area contributed by atoms with E-state index in [-0.39, 0.29) is 11.6 Å². The second kappa shape index (κ2) is 9.99. The lowest BCUT2D eigenvalue weighted by molar-refractivity contribution is -0.136. The number of nitrogens with zero attached hydrogens (tertiary/aromatic N) is 2. The third kappa shape index (κ3) is 6.86. The highest BCUT2D eigenvalue weighted by Crippen LogP contribution is 2.41. The summed E-state index contributed by atoms with van der Waals surface area (Å²) in [6.07, 6.45) is -0.384. The van der Waals surface area contributed by atoms with Crippen molar-refractivity contribution in [2.75, 3.05) is 25.0 Å². The fraction of sp³-hybridized carbons (Fsp3) is 0.625. The maximum absolute atomic E-state index is 13.7. The summed E-state index contributed by atoms with van der Waals surface area (Å²) in [7, 11) is 0. The maximum atomic E-state index is 13.7. The van der Waals surface area contributed by atoms with Gasteiger partial charge in [0.15, 0.2) is 0 Å². The van der Waals surface area contributed by atoms with Crippen LogP contribution in [0.25, 0.3) is 0 Å². The molecule has 2 rings (SSSR count). The first kappa shape index (κ1) is 24.4. The topological polar surface area (TPSA) is 27.6 Å². The van der Waals surface area contributed by atoms with Gasteiger partial charge in [-0.15, -0.1) is 0 Å². The van der Waals surface area contributed by atoms with Crippen LogP contribution in [0, 0.1) is 5.92 Å². The van der Waals surface area contributed by atoms with Crippen LogP contribution in [0.4, 0.5) is 18.9 Å². The number of alkyl halides is 3. The van der Waals surface area contributed by atoms with Crippen LogP contribution in [-0.2, 0) is 6.18 Å². The molecule has 30 heavy (non-hydrogen) atoms. The van der Waals surface area contributed by atoms with Crippen molar-refractivity contribution in [1.29, 1.82) is 0 Å². The quantitative estimate of drug-likeness (QED) is 0.399.